The summed E-state index contributed by atoms with van der Waals surface area (Å²) in [6.45, 7) is -0.00155. The molecule has 4 rings (SSSR count). The largest absolute Gasteiger partial charge is 0.489 e. The summed E-state index contributed by atoms with van der Waals surface area (Å²) in [5.41, 5.74) is 0.844. The molecule has 168 valence electrons. The fraction of sp³-hybridized carbons (Fsp3) is 0.100. The number of hydrogen-bond donors (Lipinski definition) is 1. The maximum absolute atomic E-state index is 12.4. The standard InChI is InChI=1S/C20H15N5O6S2/c1-33(29,30)20-23-32-19-22-18(26)15(17(21)24(19)20)10-12-6-8-14(9-7-12)31-11-13-4-2-3-5-16(13)25(27)28/h2-10,21H,11H2,1H3/b15-10-,21-17?. The molecule has 0 spiro atoms. The highest BCUT2D eigenvalue weighted by atomic mass is 32.2. The van der Waals surface area contributed by atoms with Crippen LogP contribution in [0.25, 0.3) is 6.08 Å². The van der Waals surface area contributed by atoms with Crippen molar-refractivity contribution in [3.05, 3.63) is 75.3 Å². The Hall–Kier alpha value is -3.84. The van der Waals surface area contributed by atoms with Crippen LogP contribution in [0, 0.1) is 15.5 Å². The molecule has 2 aromatic carbocycles. The number of sulfone groups is 1. The molecule has 0 atom stereocenters. The number of rotatable bonds is 5. The zero-order valence-electron chi connectivity index (χ0n) is 17.0. The van der Waals surface area contributed by atoms with E-state index in [4.69, 9.17) is 10.1 Å². The molecule has 0 fully saturated rings. The van der Waals surface area contributed by atoms with Crippen molar-refractivity contribution in [1.29, 1.82) is 5.41 Å². The van der Waals surface area contributed by atoms with Crippen LogP contribution >= 0.6 is 11.9 Å². The van der Waals surface area contributed by atoms with Crippen LogP contribution in [0.4, 0.5) is 5.69 Å². The summed E-state index contributed by atoms with van der Waals surface area (Å²) < 4.78 is 33.3. The minimum Gasteiger partial charge on any atom is -0.489 e. The van der Waals surface area contributed by atoms with Gasteiger partial charge in [-0.3, -0.25) is 20.3 Å². The average Bonchev–Trinajstić information content (AvgIpc) is 3.20. The molecule has 0 saturated carbocycles. The molecule has 0 saturated heterocycles. The van der Waals surface area contributed by atoms with Crippen LogP contribution in [0.15, 0.2) is 63.5 Å². The van der Waals surface area contributed by atoms with Gasteiger partial charge in [-0.15, -0.1) is 0 Å². The van der Waals surface area contributed by atoms with Gasteiger partial charge in [0.2, 0.25) is 20.2 Å². The average molecular weight is 486 g/mol. The zero-order chi connectivity index (χ0) is 23.8. The number of nitro groups is 1. The molecule has 2 aliphatic heterocycles. The molecule has 33 heavy (non-hydrogen) atoms. The number of nitrogens with zero attached hydrogens (tertiary/aromatic N) is 4. The molecule has 13 heteroatoms. The topological polar surface area (TPSA) is 155 Å². The van der Waals surface area contributed by atoms with Crippen LogP contribution in [0.5, 0.6) is 5.75 Å². The number of aliphatic imine (C=N–C) groups is 1. The maximum atomic E-state index is 12.4. The second-order valence-corrected chi connectivity index (χ2v) is 9.56. The zero-order valence-corrected chi connectivity index (χ0v) is 18.6. The Morgan fingerprint density at radius 1 is 1.21 bits per heavy atom. The summed E-state index contributed by atoms with van der Waals surface area (Å²) in [6.07, 6.45) is 2.38. The van der Waals surface area contributed by atoms with Crippen LogP contribution in [0.2, 0.25) is 0 Å². The van der Waals surface area contributed by atoms with Crippen molar-refractivity contribution in [2.24, 2.45) is 9.39 Å². The molecule has 1 amide bonds. The Morgan fingerprint density at radius 2 is 1.91 bits per heavy atom. The van der Waals surface area contributed by atoms with Crippen molar-refractivity contribution < 1.29 is 22.9 Å². The van der Waals surface area contributed by atoms with Gasteiger partial charge in [0, 0.05) is 12.3 Å². The van der Waals surface area contributed by atoms with Gasteiger partial charge >= 0.3 is 0 Å². The number of carbonyl (C=O) groups is 1. The first kappa shape index (κ1) is 22.4. The molecule has 11 nitrogen and oxygen atoms in total. The molecule has 2 aromatic rings. The molecule has 1 N–H and O–H groups in total. The Balaban J connectivity index is 1.52. The second kappa shape index (κ2) is 8.60. The third kappa shape index (κ3) is 4.54. The van der Waals surface area contributed by atoms with E-state index in [1.807, 2.05) is 0 Å². The van der Waals surface area contributed by atoms with Gasteiger partial charge in [-0.05, 0) is 29.8 Å². The molecule has 0 radical (unpaired) electrons. The smallest absolute Gasteiger partial charge is 0.283 e. The number of amidine groups is 3. The molecule has 2 aliphatic rings. The van der Waals surface area contributed by atoms with Gasteiger partial charge in [0.05, 0.1) is 28.0 Å². The lowest BCUT2D eigenvalue weighted by molar-refractivity contribution is -0.385. The van der Waals surface area contributed by atoms with Crippen molar-refractivity contribution >= 4 is 55.6 Å². The summed E-state index contributed by atoms with van der Waals surface area (Å²) in [4.78, 5) is 27.9. The van der Waals surface area contributed by atoms with Crippen LogP contribution in [0.1, 0.15) is 11.1 Å². The number of ether oxygens (including phenoxy) is 1. The quantitative estimate of drug-likeness (QED) is 0.293. The lowest BCUT2D eigenvalue weighted by Crippen LogP contribution is -2.45. The normalized spacial score (nSPS) is 17.0. The Labute approximate surface area is 192 Å². The van der Waals surface area contributed by atoms with Crippen LogP contribution in [0.3, 0.4) is 0 Å². The van der Waals surface area contributed by atoms with Crippen molar-refractivity contribution in [3.63, 3.8) is 0 Å². The molecular formula is C20H15N5O6S2. The number of fused-ring (bicyclic) bond motifs is 1. The number of nitrogens with one attached hydrogen (secondary N) is 1. The van der Waals surface area contributed by atoms with Gasteiger partial charge < -0.3 is 4.74 Å². The number of nitro benzene ring substituents is 1. The highest BCUT2D eigenvalue weighted by Gasteiger charge is 2.41. The van der Waals surface area contributed by atoms with Crippen molar-refractivity contribution in [2.75, 3.05) is 6.26 Å². The van der Waals surface area contributed by atoms with E-state index in [9.17, 15) is 23.3 Å². The van der Waals surface area contributed by atoms with E-state index < -0.39 is 20.7 Å². The molecule has 0 bridgehead atoms. The molecule has 0 aromatic heterocycles. The van der Waals surface area contributed by atoms with Crippen LogP contribution in [-0.4, -0.2) is 46.6 Å². The first-order chi connectivity index (χ1) is 15.6. The van der Waals surface area contributed by atoms with Crippen molar-refractivity contribution in [3.8, 4) is 5.75 Å². The minimum absolute atomic E-state index is 0.00155. The number of carbonyl (C=O) groups excluding carboxylic acids is 1. The first-order valence-electron chi connectivity index (χ1n) is 9.29. The highest BCUT2D eigenvalue weighted by Crippen LogP contribution is 2.30. The van der Waals surface area contributed by atoms with E-state index in [-0.39, 0.29) is 34.0 Å². The lowest BCUT2D eigenvalue weighted by Gasteiger charge is -2.23. The predicted octanol–water partition coefficient (Wildman–Crippen LogP) is 2.80. The number of benzene rings is 2. The van der Waals surface area contributed by atoms with Gasteiger partial charge in [0.25, 0.3) is 11.6 Å². The number of para-hydroxylation sites is 1. The van der Waals surface area contributed by atoms with Crippen LogP contribution in [-0.2, 0) is 21.2 Å². The minimum atomic E-state index is -3.73. The molecule has 0 aliphatic carbocycles. The van der Waals surface area contributed by atoms with Gasteiger partial charge in [0.15, 0.2) is 0 Å². The maximum Gasteiger partial charge on any atom is 0.283 e. The summed E-state index contributed by atoms with van der Waals surface area (Å²) in [6, 6.07) is 12.8. The van der Waals surface area contributed by atoms with Gasteiger partial charge in [-0.25, -0.2) is 13.3 Å². The highest BCUT2D eigenvalue weighted by molar-refractivity contribution is 8.16. The molecule has 0 unspecified atom stereocenters. The SMILES string of the molecule is CS(=O)(=O)C1=NSC2=NC(=O)/C(=C\c3ccc(OCc4ccccc4[N+](=O)[O-])cc3)C(=N)N21. The third-order valence-corrected chi connectivity index (χ3v) is 6.35. The van der Waals surface area contributed by atoms with Crippen molar-refractivity contribution in [1.82, 2.24) is 4.90 Å². The summed E-state index contributed by atoms with van der Waals surface area (Å²) in [7, 11) is -3.73. The monoisotopic (exact) mass is 485 g/mol. The van der Waals surface area contributed by atoms with E-state index >= 15 is 0 Å². The second-order valence-electron chi connectivity index (χ2n) is 6.92. The summed E-state index contributed by atoms with van der Waals surface area (Å²) >= 11 is 0.723. The Bertz CT molecular complexity index is 1380. The van der Waals surface area contributed by atoms with E-state index in [1.165, 1.54) is 12.1 Å². The van der Waals surface area contributed by atoms with E-state index in [0.29, 0.717) is 16.9 Å². The fourth-order valence-electron chi connectivity index (χ4n) is 3.04. The van der Waals surface area contributed by atoms with Crippen molar-refractivity contribution in [2.45, 2.75) is 6.61 Å². The molecule has 2 heterocycles. The number of hydrogen-bond acceptors (Lipinski definition) is 9. The van der Waals surface area contributed by atoms with Gasteiger partial charge in [0.1, 0.15) is 18.2 Å². The van der Waals surface area contributed by atoms with Crippen LogP contribution < -0.4 is 4.74 Å². The van der Waals surface area contributed by atoms with E-state index in [2.05, 4.69) is 9.39 Å². The Morgan fingerprint density at radius 3 is 2.58 bits per heavy atom. The van der Waals surface area contributed by atoms with E-state index in [1.54, 1.807) is 42.5 Å². The summed E-state index contributed by atoms with van der Waals surface area (Å²) in [5, 5.41) is 19.1. The third-order valence-electron chi connectivity index (χ3n) is 4.60. The van der Waals surface area contributed by atoms with Gasteiger partial charge in [-0.2, -0.15) is 9.39 Å². The van der Waals surface area contributed by atoms with Gasteiger partial charge in [-0.1, -0.05) is 24.3 Å². The van der Waals surface area contributed by atoms with E-state index in [0.717, 1.165) is 23.1 Å². The molecular weight excluding hydrogens is 470 g/mol. The predicted molar refractivity (Wildman–Crippen MR) is 124 cm³/mol. The summed E-state index contributed by atoms with van der Waals surface area (Å²) in [5.74, 6) is -0.570. The Kier molecular flexibility index (Phi) is 5.82. The lowest BCUT2D eigenvalue weighted by atomic mass is 10.1. The number of amides is 1. The first-order valence-corrected chi connectivity index (χ1v) is 12.0. The fourth-order valence-corrected chi connectivity index (χ4v) is 4.88.